The fourth-order valence-corrected chi connectivity index (χ4v) is 2.12. The molecule has 1 aliphatic rings. The van der Waals surface area contributed by atoms with Crippen molar-refractivity contribution in [1.29, 1.82) is 0 Å². The normalized spacial score (nSPS) is 18.3. The van der Waals surface area contributed by atoms with Crippen LogP contribution >= 0.6 is 0 Å². The lowest BCUT2D eigenvalue weighted by atomic mass is 10.3. The maximum atomic E-state index is 9.74. The van der Waals surface area contributed by atoms with Crippen LogP contribution < -0.4 is 5.32 Å². The number of hydrogen-bond donors (Lipinski definition) is 2. The number of hydrogen-bond acceptors (Lipinski definition) is 6. The van der Waals surface area contributed by atoms with Crippen molar-refractivity contribution in [2.45, 2.75) is 51.4 Å². The van der Waals surface area contributed by atoms with Crippen molar-refractivity contribution in [2.24, 2.45) is 0 Å². The van der Waals surface area contributed by atoms with Gasteiger partial charge in [-0.05, 0) is 19.8 Å². The summed E-state index contributed by atoms with van der Waals surface area (Å²) in [6.07, 6.45) is 4.60. The van der Waals surface area contributed by atoms with E-state index in [2.05, 4.69) is 15.5 Å². The van der Waals surface area contributed by atoms with E-state index in [9.17, 15) is 5.11 Å². The Balaban J connectivity index is 1.55. The van der Waals surface area contributed by atoms with E-state index in [1.54, 1.807) is 6.92 Å². The molecule has 1 heterocycles. The molecule has 0 saturated heterocycles. The Bertz CT molecular complexity index is 350. The fourth-order valence-electron chi connectivity index (χ4n) is 2.12. The first-order valence-electron chi connectivity index (χ1n) is 6.53. The van der Waals surface area contributed by atoms with Gasteiger partial charge in [0.15, 0.2) is 5.82 Å². The lowest BCUT2D eigenvalue weighted by molar-refractivity contribution is -0.00566. The standard InChI is InChI=1S/C12H21N3O3/c1-9-14-12(18-15-9)7-13-6-10(16)8-17-11-4-2-3-5-11/h10-11,13,16H,2-8H2,1H3. The molecule has 0 amide bonds. The molecule has 2 rings (SSSR count). The molecule has 2 N–H and O–H groups in total. The summed E-state index contributed by atoms with van der Waals surface area (Å²) in [5.74, 6) is 1.16. The average molecular weight is 255 g/mol. The number of aryl methyl sites for hydroxylation is 1. The summed E-state index contributed by atoms with van der Waals surface area (Å²) >= 11 is 0. The minimum absolute atomic E-state index is 0.346. The van der Waals surface area contributed by atoms with Gasteiger partial charge in [-0.2, -0.15) is 4.98 Å². The highest BCUT2D eigenvalue weighted by Crippen LogP contribution is 2.20. The predicted molar refractivity (Wildman–Crippen MR) is 65.0 cm³/mol. The van der Waals surface area contributed by atoms with Crippen LogP contribution in [0, 0.1) is 6.92 Å². The Morgan fingerprint density at radius 3 is 2.94 bits per heavy atom. The summed E-state index contributed by atoms with van der Waals surface area (Å²) in [7, 11) is 0. The molecule has 0 spiro atoms. The lowest BCUT2D eigenvalue weighted by Crippen LogP contribution is -2.31. The van der Waals surface area contributed by atoms with Crippen molar-refractivity contribution in [2.75, 3.05) is 13.2 Å². The molecule has 6 nitrogen and oxygen atoms in total. The SMILES string of the molecule is Cc1noc(CNCC(O)COC2CCCC2)n1. The zero-order valence-electron chi connectivity index (χ0n) is 10.8. The van der Waals surface area contributed by atoms with Crippen LogP contribution in [0.25, 0.3) is 0 Å². The number of aliphatic hydroxyl groups excluding tert-OH is 1. The molecule has 6 heteroatoms. The second kappa shape index (κ2) is 6.82. The Labute approximate surface area is 107 Å². The summed E-state index contributed by atoms with van der Waals surface area (Å²) < 4.78 is 10.6. The number of aliphatic hydroxyl groups is 1. The first-order valence-corrected chi connectivity index (χ1v) is 6.53. The van der Waals surface area contributed by atoms with Gasteiger partial charge < -0.3 is 19.7 Å². The van der Waals surface area contributed by atoms with Crippen LogP contribution in [-0.2, 0) is 11.3 Å². The van der Waals surface area contributed by atoms with Crippen LogP contribution in [0.4, 0.5) is 0 Å². The summed E-state index contributed by atoms with van der Waals surface area (Å²) in [4.78, 5) is 4.06. The van der Waals surface area contributed by atoms with Gasteiger partial charge in [-0.15, -0.1) is 0 Å². The van der Waals surface area contributed by atoms with Crippen molar-refractivity contribution in [3.63, 3.8) is 0 Å². The highest BCUT2D eigenvalue weighted by atomic mass is 16.5. The van der Waals surface area contributed by atoms with Gasteiger partial charge >= 0.3 is 0 Å². The van der Waals surface area contributed by atoms with Gasteiger partial charge in [0.05, 0.1) is 25.4 Å². The Morgan fingerprint density at radius 1 is 1.50 bits per heavy atom. The van der Waals surface area contributed by atoms with Crippen LogP contribution in [0.5, 0.6) is 0 Å². The number of nitrogens with zero attached hydrogens (tertiary/aromatic N) is 2. The molecule has 1 aromatic rings. The summed E-state index contributed by atoms with van der Waals surface area (Å²) in [6.45, 7) is 3.10. The highest BCUT2D eigenvalue weighted by Gasteiger charge is 2.16. The minimum Gasteiger partial charge on any atom is -0.389 e. The molecule has 0 bridgehead atoms. The zero-order chi connectivity index (χ0) is 12.8. The molecule has 1 saturated carbocycles. The molecular weight excluding hydrogens is 234 g/mol. The molecule has 102 valence electrons. The van der Waals surface area contributed by atoms with E-state index in [1.807, 2.05) is 0 Å². The van der Waals surface area contributed by atoms with Gasteiger partial charge in [-0.25, -0.2) is 0 Å². The van der Waals surface area contributed by atoms with Gasteiger partial charge in [-0.3, -0.25) is 0 Å². The highest BCUT2D eigenvalue weighted by molar-refractivity contribution is 4.82. The van der Waals surface area contributed by atoms with E-state index in [-0.39, 0.29) is 0 Å². The van der Waals surface area contributed by atoms with Crippen molar-refractivity contribution in [3.8, 4) is 0 Å². The number of nitrogens with one attached hydrogen (secondary N) is 1. The molecular formula is C12H21N3O3. The lowest BCUT2D eigenvalue weighted by Gasteiger charge is -2.15. The first kappa shape index (κ1) is 13.5. The van der Waals surface area contributed by atoms with Crippen molar-refractivity contribution in [3.05, 3.63) is 11.7 Å². The minimum atomic E-state index is -0.491. The molecule has 1 atom stereocenters. The number of aromatic nitrogens is 2. The van der Waals surface area contributed by atoms with Crippen LogP contribution in [-0.4, -0.2) is 40.6 Å². The van der Waals surface area contributed by atoms with E-state index in [0.29, 0.717) is 37.5 Å². The summed E-state index contributed by atoms with van der Waals surface area (Å²) in [6, 6.07) is 0. The third-order valence-electron chi connectivity index (χ3n) is 3.05. The molecule has 1 aromatic heterocycles. The second-order valence-corrected chi connectivity index (χ2v) is 4.76. The van der Waals surface area contributed by atoms with E-state index in [4.69, 9.17) is 9.26 Å². The van der Waals surface area contributed by atoms with Gasteiger partial charge in [0, 0.05) is 6.54 Å². The Kier molecular flexibility index (Phi) is 5.10. The van der Waals surface area contributed by atoms with Crippen molar-refractivity contribution >= 4 is 0 Å². The molecule has 0 radical (unpaired) electrons. The fraction of sp³-hybridized carbons (Fsp3) is 0.833. The molecule has 0 aliphatic heterocycles. The summed E-state index contributed by atoms with van der Waals surface area (Å²) in [5.41, 5.74) is 0. The van der Waals surface area contributed by atoms with Gasteiger partial charge in [0.25, 0.3) is 0 Å². The Morgan fingerprint density at radius 2 is 2.28 bits per heavy atom. The van der Waals surface area contributed by atoms with E-state index >= 15 is 0 Å². The molecule has 1 fully saturated rings. The Hall–Kier alpha value is -0.980. The monoisotopic (exact) mass is 255 g/mol. The third-order valence-corrected chi connectivity index (χ3v) is 3.05. The second-order valence-electron chi connectivity index (χ2n) is 4.76. The maximum Gasteiger partial charge on any atom is 0.240 e. The van der Waals surface area contributed by atoms with E-state index in [1.165, 1.54) is 12.8 Å². The first-order chi connectivity index (χ1) is 8.74. The van der Waals surface area contributed by atoms with Crippen LogP contribution in [0.2, 0.25) is 0 Å². The van der Waals surface area contributed by atoms with Gasteiger partial charge in [-0.1, -0.05) is 18.0 Å². The van der Waals surface area contributed by atoms with Crippen molar-refractivity contribution < 1.29 is 14.4 Å². The topological polar surface area (TPSA) is 80.4 Å². The van der Waals surface area contributed by atoms with Gasteiger partial charge in [0.2, 0.25) is 5.89 Å². The van der Waals surface area contributed by atoms with Crippen LogP contribution in [0.3, 0.4) is 0 Å². The number of ether oxygens (including phenoxy) is 1. The van der Waals surface area contributed by atoms with E-state index < -0.39 is 6.10 Å². The summed E-state index contributed by atoms with van der Waals surface area (Å²) in [5, 5.41) is 16.5. The number of rotatable bonds is 7. The molecule has 18 heavy (non-hydrogen) atoms. The largest absolute Gasteiger partial charge is 0.389 e. The third kappa shape index (κ3) is 4.36. The quantitative estimate of drug-likeness (QED) is 0.749. The predicted octanol–water partition coefficient (Wildman–Crippen LogP) is 0.788. The smallest absolute Gasteiger partial charge is 0.240 e. The zero-order valence-corrected chi connectivity index (χ0v) is 10.8. The molecule has 0 aromatic carbocycles. The molecule has 1 unspecified atom stereocenters. The van der Waals surface area contributed by atoms with E-state index in [0.717, 1.165) is 12.8 Å². The van der Waals surface area contributed by atoms with Gasteiger partial charge in [0.1, 0.15) is 0 Å². The molecule has 1 aliphatic carbocycles. The maximum absolute atomic E-state index is 9.74. The van der Waals surface area contributed by atoms with Crippen molar-refractivity contribution in [1.82, 2.24) is 15.5 Å². The average Bonchev–Trinajstić information content (AvgIpc) is 2.98. The van der Waals surface area contributed by atoms with Crippen LogP contribution in [0.15, 0.2) is 4.52 Å². The van der Waals surface area contributed by atoms with Crippen LogP contribution in [0.1, 0.15) is 37.4 Å².